The lowest BCUT2D eigenvalue weighted by molar-refractivity contribution is -0.119. The summed E-state index contributed by atoms with van der Waals surface area (Å²) in [7, 11) is -3.79. The smallest absolute Gasteiger partial charge is 0.241 e. The number of aliphatic hydroxyl groups is 1. The number of amides is 1. The second-order valence-corrected chi connectivity index (χ2v) is 5.76. The first-order chi connectivity index (χ1) is 9.36. The maximum atomic E-state index is 11.9. The van der Waals surface area contributed by atoms with Crippen molar-refractivity contribution in [3.8, 4) is 11.8 Å². The molecule has 0 saturated heterocycles. The predicted molar refractivity (Wildman–Crippen MR) is 74.0 cm³/mol. The number of aliphatic hydroxyl groups excluding tert-OH is 1. The van der Waals surface area contributed by atoms with Crippen LogP contribution in [0.1, 0.15) is 18.9 Å². The van der Waals surface area contributed by atoms with Gasteiger partial charge in [-0.25, -0.2) is 8.42 Å². The molecule has 0 bridgehead atoms. The first kappa shape index (κ1) is 16.2. The monoisotopic (exact) mass is 296 g/mol. The second-order valence-electron chi connectivity index (χ2n) is 4.05. The van der Waals surface area contributed by atoms with Gasteiger partial charge in [0.25, 0.3) is 0 Å². The van der Waals surface area contributed by atoms with E-state index in [-0.39, 0.29) is 11.5 Å². The topological polar surface area (TPSA) is 109 Å². The fourth-order valence-corrected chi connectivity index (χ4v) is 2.51. The predicted octanol–water partition coefficient (Wildman–Crippen LogP) is -0.427. The van der Waals surface area contributed by atoms with Gasteiger partial charge < -0.3 is 10.8 Å². The van der Waals surface area contributed by atoms with Crippen LogP contribution in [0, 0.1) is 11.8 Å². The summed E-state index contributed by atoms with van der Waals surface area (Å²) in [6.07, 6.45) is 0.359. The van der Waals surface area contributed by atoms with Gasteiger partial charge in [0.15, 0.2) is 0 Å². The van der Waals surface area contributed by atoms with Crippen molar-refractivity contribution < 1.29 is 18.3 Å². The molecule has 1 aromatic rings. The number of hydrogen-bond donors (Lipinski definition) is 3. The molecule has 1 aromatic carbocycles. The molecule has 0 radical (unpaired) electrons. The van der Waals surface area contributed by atoms with Crippen molar-refractivity contribution in [2.24, 2.45) is 5.73 Å². The highest BCUT2D eigenvalue weighted by molar-refractivity contribution is 7.89. The molecule has 0 spiro atoms. The molecular weight excluding hydrogens is 280 g/mol. The van der Waals surface area contributed by atoms with Crippen molar-refractivity contribution in [1.29, 1.82) is 0 Å². The molecular formula is C13H16N2O4S. The summed E-state index contributed by atoms with van der Waals surface area (Å²) < 4.78 is 26.0. The van der Waals surface area contributed by atoms with E-state index in [9.17, 15) is 13.2 Å². The number of hydrogen-bond acceptors (Lipinski definition) is 4. The van der Waals surface area contributed by atoms with E-state index >= 15 is 0 Å². The number of sulfonamides is 1. The maximum absolute atomic E-state index is 11.9. The minimum atomic E-state index is -3.79. The van der Waals surface area contributed by atoms with Crippen LogP contribution in [0.15, 0.2) is 29.2 Å². The Balaban J connectivity index is 2.88. The number of rotatable bonds is 5. The van der Waals surface area contributed by atoms with E-state index in [4.69, 9.17) is 10.8 Å². The van der Waals surface area contributed by atoms with Crippen LogP contribution in [-0.2, 0) is 14.8 Å². The van der Waals surface area contributed by atoms with Gasteiger partial charge in [-0.1, -0.05) is 11.8 Å². The molecule has 0 aromatic heterocycles. The van der Waals surface area contributed by atoms with Gasteiger partial charge >= 0.3 is 0 Å². The zero-order chi connectivity index (χ0) is 15.2. The maximum Gasteiger partial charge on any atom is 0.241 e. The van der Waals surface area contributed by atoms with Crippen molar-refractivity contribution in [2.75, 3.05) is 6.61 Å². The minimum Gasteiger partial charge on any atom is -0.395 e. The molecule has 0 aliphatic heterocycles. The number of carbonyl (C=O) groups excluding carboxylic acids is 1. The SMILES string of the molecule is CC(NS(=O)(=O)c1ccc(C#CCCO)cc1)C(N)=O. The summed E-state index contributed by atoms with van der Waals surface area (Å²) in [5.41, 5.74) is 5.65. The Hall–Kier alpha value is -1.88. The summed E-state index contributed by atoms with van der Waals surface area (Å²) in [5, 5.41) is 8.60. The van der Waals surface area contributed by atoms with Crippen molar-refractivity contribution >= 4 is 15.9 Å². The van der Waals surface area contributed by atoms with E-state index in [1.54, 1.807) is 12.1 Å². The van der Waals surface area contributed by atoms with Crippen LogP contribution in [0.4, 0.5) is 0 Å². The van der Waals surface area contributed by atoms with E-state index in [2.05, 4.69) is 16.6 Å². The molecule has 7 heteroatoms. The molecule has 0 fully saturated rings. The first-order valence-electron chi connectivity index (χ1n) is 5.88. The Morgan fingerprint density at radius 1 is 1.40 bits per heavy atom. The van der Waals surface area contributed by atoms with Crippen molar-refractivity contribution in [3.05, 3.63) is 29.8 Å². The Labute approximate surface area is 118 Å². The third-order valence-electron chi connectivity index (χ3n) is 2.39. The average molecular weight is 296 g/mol. The van der Waals surface area contributed by atoms with Crippen LogP contribution in [-0.4, -0.2) is 32.1 Å². The third kappa shape index (κ3) is 4.66. The zero-order valence-corrected chi connectivity index (χ0v) is 11.8. The van der Waals surface area contributed by atoms with Crippen LogP contribution in [0.25, 0.3) is 0 Å². The second kappa shape index (κ2) is 7.05. The Morgan fingerprint density at radius 3 is 2.50 bits per heavy atom. The first-order valence-corrected chi connectivity index (χ1v) is 7.36. The Morgan fingerprint density at radius 2 is 2.00 bits per heavy atom. The number of carbonyl (C=O) groups is 1. The quantitative estimate of drug-likeness (QED) is 0.641. The molecule has 1 unspecified atom stereocenters. The van der Waals surface area contributed by atoms with E-state index < -0.39 is 22.0 Å². The number of benzene rings is 1. The molecule has 6 nitrogen and oxygen atoms in total. The Kier molecular flexibility index (Phi) is 5.70. The summed E-state index contributed by atoms with van der Waals surface area (Å²) >= 11 is 0. The summed E-state index contributed by atoms with van der Waals surface area (Å²) in [4.78, 5) is 10.9. The molecule has 1 atom stereocenters. The summed E-state index contributed by atoms with van der Waals surface area (Å²) in [6, 6.07) is 4.89. The fraction of sp³-hybridized carbons (Fsp3) is 0.308. The lowest BCUT2D eigenvalue weighted by Gasteiger charge is -2.10. The van der Waals surface area contributed by atoms with Crippen LogP contribution >= 0.6 is 0 Å². The fourth-order valence-electron chi connectivity index (χ4n) is 1.30. The molecule has 1 rings (SSSR count). The van der Waals surface area contributed by atoms with Gasteiger partial charge in [-0.2, -0.15) is 4.72 Å². The zero-order valence-electron chi connectivity index (χ0n) is 11.0. The van der Waals surface area contributed by atoms with E-state index in [0.717, 1.165) is 0 Å². The summed E-state index contributed by atoms with van der Waals surface area (Å²) in [5.74, 6) is 4.76. The van der Waals surface area contributed by atoms with Gasteiger partial charge in [-0.15, -0.1) is 0 Å². The highest BCUT2D eigenvalue weighted by atomic mass is 32.2. The molecule has 0 heterocycles. The van der Waals surface area contributed by atoms with Crippen molar-refractivity contribution in [2.45, 2.75) is 24.3 Å². The van der Waals surface area contributed by atoms with Crippen LogP contribution in [0.2, 0.25) is 0 Å². The highest BCUT2D eigenvalue weighted by Gasteiger charge is 2.19. The molecule has 0 saturated carbocycles. The largest absolute Gasteiger partial charge is 0.395 e. The number of primary amides is 1. The van der Waals surface area contributed by atoms with Crippen LogP contribution in [0.3, 0.4) is 0 Å². The summed E-state index contributed by atoms with van der Waals surface area (Å²) in [6.45, 7) is 1.35. The number of nitrogens with one attached hydrogen (secondary N) is 1. The molecule has 1 amide bonds. The van der Waals surface area contributed by atoms with Gasteiger partial charge in [0.2, 0.25) is 15.9 Å². The van der Waals surface area contributed by atoms with Gasteiger partial charge in [0.1, 0.15) is 0 Å². The van der Waals surface area contributed by atoms with Gasteiger partial charge in [0, 0.05) is 12.0 Å². The van der Waals surface area contributed by atoms with Gasteiger partial charge in [-0.3, -0.25) is 4.79 Å². The molecule has 4 N–H and O–H groups in total. The van der Waals surface area contributed by atoms with Crippen LogP contribution < -0.4 is 10.5 Å². The Bertz CT molecular complexity index is 627. The lowest BCUT2D eigenvalue weighted by Crippen LogP contribution is -2.42. The molecule has 108 valence electrons. The lowest BCUT2D eigenvalue weighted by atomic mass is 10.2. The van der Waals surface area contributed by atoms with Gasteiger partial charge in [-0.05, 0) is 31.2 Å². The molecule has 20 heavy (non-hydrogen) atoms. The third-order valence-corrected chi connectivity index (χ3v) is 3.95. The van der Waals surface area contributed by atoms with E-state index in [0.29, 0.717) is 12.0 Å². The normalized spacial score (nSPS) is 12.3. The van der Waals surface area contributed by atoms with Gasteiger partial charge in [0.05, 0.1) is 17.5 Å². The standard InChI is InChI=1S/C13H16N2O4S/c1-10(13(14)17)15-20(18,19)12-7-5-11(6-8-12)4-2-3-9-16/h5-8,10,15-16H,3,9H2,1H3,(H2,14,17). The van der Waals surface area contributed by atoms with Crippen LogP contribution in [0.5, 0.6) is 0 Å². The molecule has 0 aliphatic rings. The van der Waals surface area contributed by atoms with Crippen molar-refractivity contribution in [1.82, 2.24) is 4.72 Å². The highest BCUT2D eigenvalue weighted by Crippen LogP contribution is 2.10. The molecule has 0 aliphatic carbocycles. The van der Waals surface area contributed by atoms with E-state index in [1.807, 2.05) is 0 Å². The average Bonchev–Trinajstić information content (AvgIpc) is 2.39. The minimum absolute atomic E-state index is 0.0195. The van der Waals surface area contributed by atoms with E-state index in [1.165, 1.54) is 19.1 Å². The van der Waals surface area contributed by atoms with Crippen molar-refractivity contribution in [3.63, 3.8) is 0 Å². The number of nitrogens with two attached hydrogens (primary N) is 1.